The lowest BCUT2D eigenvalue weighted by molar-refractivity contribution is 0.326. The Balaban J connectivity index is 2.14. The molecule has 0 spiro atoms. The average Bonchev–Trinajstić information content (AvgIpc) is 2.39. The van der Waals surface area contributed by atoms with Crippen LogP contribution < -0.4 is 10.1 Å². The van der Waals surface area contributed by atoms with Gasteiger partial charge in [-0.2, -0.15) is 4.98 Å². The molecule has 1 N–H and O–H groups in total. The van der Waals surface area contributed by atoms with E-state index in [1.807, 2.05) is 32.0 Å². The highest BCUT2D eigenvalue weighted by Gasteiger charge is 2.08. The van der Waals surface area contributed by atoms with E-state index in [4.69, 9.17) is 4.74 Å². The predicted octanol–water partition coefficient (Wildman–Crippen LogP) is 2.75. The summed E-state index contributed by atoms with van der Waals surface area (Å²) in [7, 11) is 0. The number of hydrogen-bond donors (Lipinski definition) is 1. The van der Waals surface area contributed by atoms with Gasteiger partial charge in [0.2, 0.25) is 11.8 Å². The first-order valence-electron chi connectivity index (χ1n) is 6.34. The number of nitrogens with zero attached hydrogens (tertiary/aromatic N) is 3. The molecule has 5 nitrogen and oxygen atoms in total. The summed E-state index contributed by atoms with van der Waals surface area (Å²) in [5.41, 5.74) is 2.01. The molecule has 0 aliphatic rings. The molecule has 19 heavy (non-hydrogen) atoms. The van der Waals surface area contributed by atoms with E-state index >= 15 is 0 Å². The number of ether oxygens (including phenoxy) is 1. The number of anilines is 1. The van der Waals surface area contributed by atoms with Crippen LogP contribution in [-0.2, 0) is 0 Å². The molecule has 0 bridgehead atoms. The molecule has 0 aliphatic carbocycles. The van der Waals surface area contributed by atoms with Gasteiger partial charge in [0.25, 0.3) is 0 Å². The molecule has 0 aliphatic heterocycles. The van der Waals surface area contributed by atoms with Gasteiger partial charge in [0.15, 0.2) is 0 Å². The molecule has 0 amide bonds. The van der Waals surface area contributed by atoms with Crippen LogP contribution >= 0.6 is 0 Å². The summed E-state index contributed by atoms with van der Waals surface area (Å²) in [6.07, 6.45) is 3.55. The maximum atomic E-state index is 5.41. The molecule has 0 aromatic carbocycles. The summed E-state index contributed by atoms with van der Waals surface area (Å²) in [5.74, 6) is 1.17. The molecule has 0 saturated carbocycles. The standard InChI is InChI=1S/C14H18N4O/c1-4-19-13-9-10(2)16-14(18-13)17-11(3)12-5-7-15-8-6-12/h5-9,11H,4H2,1-3H3,(H,16,17,18). The molecule has 0 saturated heterocycles. The van der Waals surface area contributed by atoms with Crippen molar-refractivity contribution in [2.75, 3.05) is 11.9 Å². The number of pyridine rings is 1. The van der Waals surface area contributed by atoms with Gasteiger partial charge in [-0.25, -0.2) is 4.98 Å². The summed E-state index contributed by atoms with van der Waals surface area (Å²) in [6, 6.07) is 5.87. The van der Waals surface area contributed by atoms with Gasteiger partial charge in [0.05, 0.1) is 12.6 Å². The molecule has 2 rings (SSSR count). The van der Waals surface area contributed by atoms with E-state index in [-0.39, 0.29) is 6.04 Å². The van der Waals surface area contributed by atoms with Crippen LogP contribution in [0, 0.1) is 6.92 Å². The van der Waals surface area contributed by atoms with Crippen LogP contribution in [0.2, 0.25) is 0 Å². The molecule has 0 radical (unpaired) electrons. The van der Waals surface area contributed by atoms with Gasteiger partial charge in [-0.1, -0.05) is 0 Å². The van der Waals surface area contributed by atoms with Crippen molar-refractivity contribution < 1.29 is 4.74 Å². The zero-order valence-electron chi connectivity index (χ0n) is 11.4. The second-order valence-corrected chi connectivity index (χ2v) is 4.25. The Bertz CT molecular complexity index is 530. The molecule has 100 valence electrons. The lowest BCUT2D eigenvalue weighted by Crippen LogP contribution is -2.10. The van der Waals surface area contributed by atoms with Crippen molar-refractivity contribution >= 4 is 5.95 Å². The second-order valence-electron chi connectivity index (χ2n) is 4.25. The van der Waals surface area contributed by atoms with E-state index in [2.05, 4.69) is 27.2 Å². The maximum Gasteiger partial charge on any atom is 0.226 e. The Labute approximate surface area is 113 Å². The van der Waals surface area contributed by atoms with Crippen molar-refractivity contribution in [3.63, 3.8) is 0 Å². The molecule has 5 heteroatoms. The highest BCUT2D eigenvalue weighted by molar-refractivity contribution is 5.34. The monoisotopic (exact) mass is 258 g/mol. The summed E-state index contributed by atoms with van der Waals surface area (Å²) in [4.78, 5) is 12.7. The zero-order chi connectivity index (χ0) is 13.7. The lowest BCUT2D eigenvalue weighted by atomic mass is 10.1. The van der Waals surface area contributed by atoms with Crippen LogP contribution in [0.3, 0.4) is 0 Å². The average molecular weight is 258 g/mol. The fourth-order valence-corrected chi connectivity index (χ4v) is 1.76. The summed E-state index contributed by atoms with van der Waals surface area (Å²) in [5, 5.41) is 3.27. The van der Waals surface area contributed by atoms with Crippen molar-refractivity contribution in [1.29, 1.82) is 0 Å². The van der Waals surface area contributed by atoms with Crippen LogP contribution in [0.15, 0.2) is 30.6 Å². The minimum Gasteiger partial charge on any atom is -0.478 e. The van der Waals surface area contributed by atoms with Crippen molar-refractivity contribution in [2.45, 2.75) is 26.8 Å². The number of hydrogen-bond acceptors (Lipinski definition) is 5. The van der Waals surface area contributed by atoms with E-state index in [1.54, 1.807) is 12.4 Å². The van der Waals surface area contributed by atoms with Crippen LogP contribution in [0.5, 0.6) is 5.88 Å². The molecule has 2 heterocycles. The first kappa shape index (κ1) is 13.3. The van der Waals surface area contributed by atoms with Crippen LogP contribution in [0.25, 0.3) is 0 Å². The van der Waals surface area contributed by atoms with Gasteiger partial charge in [-0.05, 0) is 38.5 Å². The minimum atomic E-state index is 0.110. The summed E-state index contributed by atoms with van der Waals surface area (Å²) >= 11 is 0. The Morgan fingerprint density at radius 3 is 2.68 bits per heavy atom. The van der Waals surface area contributed by atoms with Crippen LogP contribution in [0.1, 0.15) is 31.1 Å². The van der Waals surface area contributed by atoms with E-state index in [9.17, 15) is 0 Å². The van der Waals surface area contributed by atoms with E-state index in [0.29, 0.717) is 18.4 Å². The van der Waals surface area contributed by atoms with Gasteiger partial charge in [-0.15, -0.1) is 0 Å². The van der Waals surface area contributed by atoms with Crippen molar-refractivity contribution in [3.8, 4) is 5.88 Å². The third-order valence-corrected chi connectivity index (χ3v) is 2.67. The topological polar surface area (TPSA) is 59.9 Å². The summed E-state index contributed by atoms with van der Waals surface area (Å²) < 4.78 is 5.41. The number of aryl methyl sites for hydroxylation is 1. The molecular formula is C14H18N4O. The van der Waals surface area contributed by atoms with Crippen LogP contribution in [-0.4, -0.2) is 21.6 Å². The smallest absolute Gasteiger partial charge is 0.226 e. The van der Waals surface area contributed by atoms with E-state index in [0.717, 1.165) is 11.3 Å². The second kappa shape index (κ2) is 6.13. The normalized spacial score (nSPS) is 11.9. The van der Waals surface area contributed by atoms with Crippen molar-refractivity contribution in [3.05, 3.63) is 41.9 Å². The Morgan fingerprint density at radius 2 is 2.00 bits per heavy atom. The quantitative estimate of drug-likeness (QED) is 0.893. The SMILES string of the molecule is CCOc1cc(C)nc(NC(C)c2ccncc2)n1. The first-order chi connectivity index (χ1) is 9.19. The fraction of sp³-hybridized carbons (Fsp3) is 0.357. The highest BCUT2D eigenvalue weighted by atomic mass is 16.5. The Kier molecular flexibility index (Phi) is 4.28. The van der Waals surface area contributed by atoms with Crippen LogP contribution in [0.4, 0.5) is 5.95 Å². The molecular weight excluding hydrogens is 240 g/mol. The third kappa shape index (κ3) is 3.64. The maximum absolute atomic E-state index is 5.41. The minimum absolute atomic E-state index is 0.110. The molecule has 1 atom stereocenters. The summed E-state index contributed by atoms with van der Waals surface area (Å²) in [6.45, 7) is 6.51. The van der Waals surface area contributed by atoms with Gasteiger partial charge in [0, 0.05) is 24.2 Å². The molecule has 2 aromatic heterocycles. The predicted molar refractivity (Wildman–Crippen MR) is 74.2 cm³/mol. The third-order valence-electron chi connectivity index (χ3n) is 2.67. The molecule has 1 unspecified atom stereocenters. The Morgan fingerprint density at radius 1 is 1.26 bits per heavy atom. The largest absolute Gasteiger partial charge is 0.478 e. The van der Waals surface area contributed by atoms with Crippen molar-refractivity contribution in [2.24, 2.45) is 0 Å². The fourth-order valence-electron chi connectivity index (χ4n) is 1.76. The first-order valence-corrected chi connectivity index (χ1v) is 6.34. The van der Waals surface area contributed by atoms with E-state index < -0.39 is 0 Å². The number of aromatic nitrogens is 3. The van der Waals surface area contributed by atoms with Gasteiger partial charge < -0.3 is 10.1 Å². The number of rotatable bonds is 5. The van der Waals surface area contributed by atoms with E-state index in [1.165, 1.54) is 0 Å². The zero-order valence-corrected chi connectivity index (χ0v) is 11.4. The Hall–Kier alpha value is -2.17. The van der Waals surface area contributed by atoms with Gasteiger partial charge in [0.1, 0.15) is 0 Å². The molecule has 2 aromatic rings. The van der Waals surface area contributed by atoms with Gasteiger partial charge in [-0.3, -0.25) is 4.98 Å². The number of nitrogens with one attached hydrogen (secondary N) is 1. The lowest BCUT2D eigenvalue weighted by Gasteiger charge is -2.15. The van der Waals surface area contributed by atoms with Gasteiger partial charge >= 0.3 is 0 Å². The highest BCUT2D eigenvalue weighted by Crippen LogP contribution is 2.18. The molecule has 0 fully saturated rings. The van der Waals surface area contributed by atoms with Crippen molar-refractivity contribution in [1.82, 2.24) is 15.0 Å².